The fourth-order valence-corrected chi connectivity index (χ4v) is 4.83. The molecule has 0 aliphatic carbocycles. The van der Waals surface area contributed by atoms with Crippen LogP contribution in [0.4, 0.5) is 0 Å². The third kappa shape index (κ3) is 5.30. The number of nitrogens with zero attached hydrogens (tertiary/aromatic N) is 1. The summed E-state index contributed by atoms with van der Waals surface area (Å²) in [6.45, 7) is 2.13. The summed E-state index contributed by atoms with van der Waals surface area (Å²) in [4.78, 5) is 19.1. The Morgan fingerprint density at radius 2 is 2.00 bits per heavy atom. The summed E-state index contributed by atoms with van der Waals surface area (Å²) in [7, 11) is 0. The van der Waals surface area contributed by atoms with Crippen molar-refractivity contribution in [2.45, 2.75) is 13.3 Å². The fourth-order valence-electron chi connectivity index (χ4n) is 2.42. The molecule has 0 fully saturated rings. The van der Waals surface area contributed by atoms with Gasteiger partial charge < -0.3 is 5.11 Å². The normalized spacial score (nSPS) is 11.3. The van der Waals surface area contributed by atoms with Gasteiger partial charge in [-0.15, -0.1) is 34.4 Å². The summed E-state index contributed by atoms with van der Waals surface area (Å²) < 4.78 is 0. The standard InChI is InChI=1S/C20H19NO2S3/c1-14-18(21-20(25-14)15-6-3-2-4-7-15)12-17-10-9-16(26-17)8-5-11-24-13-19(22)23/h2-10H,11-13H2,1H3,(H,22,23)/b8-5+. The number of aromatic nitrogens is 1. The van der Waals surface area contributed by atoms with Gasteiger partial charge in [-0.2, -0.15) is 0 Å². The molecule has 0 spiro atoms. The quantitative estimate of drug-likeness (QED) is 0.499. The summed E-state index contributed by atoms with van der Waals surface area (Å²) in [5.74, 6) is 0.0909. The minimum absolute atomic E-state index is 0.146. The molecular weight excluding hydrogens is 382 g/mol. The zero-order valence-corrected chi connectivity index (χ0v) is 16.8. The van der Waals surface area contributed by atoms with Crippen LogP contribution in [0.2, 0.25) is 0 Å². The molecule has 0 amide bonds. The first kappa shape index (κ1) is 18.9. The summed E-state index contributed by atoms with van der Waals surface area (Å²) in [5, 5.41) is 9.70. The Bertz CT molecular complexity index is 897. The highest BCUT2D eigenvalue weighted by molar-refractivity contribution is 8.00. The van der Waals surface area contributed by atoms with Crippen molar-refractivity contribution in [1.29, 1.82) is 0 Å². The maximum Gasteiger partial charge on any atom is 0.313 e. The number of hydrogen-bond acceptors (Lipinski definition) is 5. The lowest BCUT2D eigenvalue weighted by Gasteiger charge is -1.95. The second kappa shape index (κ2) is 9.16. The van der Waals surface area contributed by atoms with Crippen LogP contribution in [0.15, 0.2) is 48.5 Å². The molecule has 0 aliphatic rings. The van der Waals surface area contributed by atoms with E-state index < -0.39 is 5.97 Å². The van der Waals surface area contributed by atoms with Gasteiger partial charge in [-0.25, -0.2) is 4.98 Å². The van der Waals surface area contributed by atoms with Crippen LogP contribution in [0.5, 0.6) is 0 Å². The molecule has 0 aliphatic heterocycles. The van der Waals surface area contributed by atoms with Crippen LogP contribution >= 0.6 is 34.4 Å². The van der Waals surface area contributed by atoms with Crippen molar-refractivity contribution in [3.8, 4) is 10.6 Å². The van der Waals surface area contributed by atoms with Crippen molar-refractivity contribution >= 4 is 46.5 Å². The highest BCUT2D eigenvalue weighted by Gasteiger charge is 2.11. The van der Waals surface area contributed by atoms with Gasteiger partial charge in [-0.05, 0) is 25.1 Å². The molecule has 0 atom stereocenters. The molecule has 3 aromatic rings. The number of aryl methyl sites for hydroxylation is 1. The monoisotopic (exact) mass is 401 g/mol. The molecule has 0 saturated heterocycles. The summed E-state index contributed by atoms with van der Waals surface area (Å²) in [6.07, 6.45) is 4.93. The molecule has 0 unspecified atom stereocenters. The van der Waals surface area contributed by atoms with E-state index in [9.17, 15) is 4.79 Å². The average Bonchev–Trinajstić information content (AvgIpc) is 3.22. The first-order valence-corrected chi connectivity index (χ1v) is 11.0. The largest absolute Gasteiger partial charge is 0.481 e. The molecule has 2 heterocycles. The van der Waals surface area contributed by atoms with E-state index in [0.29, 0.717) is 5.75 Å². The van der Waals surface area contributed by atoms with E-state index >= 15 is 0 Å². The minimum Gasteiger partial charge on any atom is -0.481 e. The fraction of sp³-hybridized carbons (Fsp3) is 0.200. The predicted octanol–water partition coefficient (Wildman–Crippen LogP) is 5.60. The van der Waals surface area contributed by atoms with Gasteiger partial charge in [0.15, 0.2) is 0 Å². The van der Waals surface area contributed by atoms with Gasteiger partial charge in [0.05, 0.1) is 11.4 Å². The first-order chi connectivity index (χ1) is 12.6. The van der Waals surface area contributed by atoms with Gasteiger partial charge in [0, 0.05) is 32.4 Å². The lowest BCUT2D eigenvalue weighted by molar-refractivity contribution is -0.133. The number of benzene rings is 1. The third-order valence-corrected chi connectivity index (χ3v) is 6.65. The highest BCUT2D eigenvalue weighted by Crippen LogP contribution is 2.30. The average molecular weight is 402 g/mol. The van der Waals surface area contributed by atoms with E-state index in [1.54, 1.807) is 22.7 Å². The van der Waals surface area contributed by atoms with Gasteiger partial charge in [0.25, 0.3) is 0 Å². The van der Waals surface area contributed by atoms with E-state index in [1.165, 1.54) is 32.0 Å². The molecule has 0 radical (unpaired) electrons. The van der Waals surface area contributed by atoms with E-state index in [0.717, 1.165) is 17.1 Å². The number of aliphatic carboxylic acids is 1. The molecule has 3 nitrogen and oxygen atoms in total. The molecule has 0 bridgehead atoms. The molecule has 0 saturated carbocycles. The van der Waals surface area contributed by atoms with E-state index in [4.69, 9.17) is 10.1 Å². The lowest BCUT2D eigenvalue weighted by Crippen LogP contribution is -1.97. The van der Waals surface area contributed by atoms with Gasteiger partial charge >= 0.3 is 5.97 Å². The van der Waals surface area contributed by atoms with Crippen LogP contribution in [0, 0.1) is 6.92 Å². The number of carboxylic acids is 1. The minimum atomic E-state index is -0.768. The summed E-state index contributed by atoms with van der Waals surface area (Å²) >= 11 is 4.90. The Kier molecular flexibility index (Phi) is 6.66. The second-order valence-electron chi connectivity index (χ2n) is 5.68. The smallest absolute Gasteiger partial charge is 0.313 e. The number of thioether (sulfide) groups is 1. The molecule has 3 rings (SSSR count). The maximum absolute atomic E-state index is 10.5. The Morgan fingerprint density at radius 3 is 2.77 bits per heavy atom. The van der Waals surface area contributed by atoms with Crippen molar-refractivity contribution in [1.82, 2.24) is 4.98 Å². The van der Waals surface area contributed by atoms with E-state index in [2.05, 4.69) is 37.3 Å². The number of hydrogen-bond donors (Lipinski definition) is 1. The molecular formula is C20H19NO2S3. The van der Waals surface area contributed by atoms with Crippen LogP contribution in [0.3, 0.4) is 0 Å². The van der Waals surface area contributed by atoms with Crippen LogP contribution in [0.25, 0.3) is 16.6 Å². The number of thiophene rings is 1. The molecule has 134 valence electrons. The van der Waals surface area contributed by atoms with E-state index in [1.807, 2.05) is 24.3 Å². The third-order valence-electron chi connectivity index (χ3n) is 3.66. The van der Waals surface area contributed by atoms with Gasteiger partial charge in [0.2, 0.25) is 0 Å². The van der Waals surface area contributed by atoms with Crippen LogP contribution in [-0.2, 0) is 11.2 Å². The van der Waals surface area contributed by atoms with Crippen LogP contribution < -0.4 is 0 Å². The van der Waals surface area contributed by atoms with Crippen molar-refractivity contribution in [3.63, 3.8) is 0 Å². The molecule has 1 aromatic carbocycles. The van der Waals surface area contributed by atoms with Crippen molar-refractivity contribution in [3.05, 3.63) is 68.9 Å². The SMILES string of the molecule is Cc1sc(-c2ccccc2)nc1Cc1ccc(/C=C/CSCC(=O)O)s1. The Morgan fingerprint density at radius 1 is 1.19 bits per heavy atom. The molecule has 26 heavy (non-hydrogen) atoms. The Labute approximate surface area is 165 Å². The Balaban J connectivity index is 1.62. The Hall–Kier alpha value is -1.89. The first-order valence-electron chi connectivity index (χ1n) is 8.18. The number of carbonyl (C=O) groups is 1. The van der Waals surface area contributed by atoms with Crippen molar-refractivity contribution in [2.24, 2.45) is 0 Å². The summed E-state index contributed by atoms with van der Waals surface area (Å²) in [5.41, 5.74) is 2.31. The zero-order chi connectivity index (χ0) is 18.4. The van der Waals surface area contributed by atoms with Gasteiger partial charge in [-0.1, -0.05) is 36.4 Å². The maximum atomic E-state index is 10.5. The molecule has 6 heteroatoms. The number of carboxylic acid groups (broad SMARTS) is 1. The highest BCUT2D eigenvalue weighted by atomic mass is 32.2. The predicted molar refractivity (Wildman–Crippen MR) is 113 cm³/mol. The second-order valence-corrected chi connectivity index (χ2v) is 9.11. The van der Waals surface area contributed by atoms with E-state index in [-0.39, 0.29) is 5.75 Å². The van der Waals surface area contributed by atoms with Crippen LogP contribution in [-0.4, -0.2) is 27.6 Å². The summed E-state index contributed by atoms with van der Waals surface area (Å²) in [6, 6.07) is 14.5. The topological polar surface area (TPSA) is 50.2 Å². The van der Waals surface area contributed by atoms with Gasteiger partial charge in [0.1, 0.15) is 5.01 Å². The van der Waals surface area contributed by atoms with Crippen molar-refractivity contribution < 1.29 is 9.90 Å². The van der Waals surface area contributed by atoms with Gasteiger partial charge in [-0.3, -0.25) is 4.79 Å². The van der Waals surface area contributed by atoms with Crippen LogP contribution in [0.1, 0.15) is 20.3 Å². The number of rotatable bonds is 8. The molecule has 2 aromatic heterocycles. The number of thiazole rings is 1. The molecule has 1 N–H and O–H groups in total. The zero-order valence-electron chi connectivity index (χ0n) is 14.3. The lowest BCUT2D eigenvalue weighted by atomic mass is 10.2. The van der Waals surface area contributed by atoms with Crippen molar-refractivity contribution in [2.75, 3.05) is 11.5 Å².